The maximum atomic E-state index is 10.7. The Balaban J connectivity index is 2.53. The Hall–Kier alpha value is -2.20. The van der Waals surface area contributed by atoms with Gasteiger partial charge in [-0.25, -0.2) is 4.68 Å². The number of aromatic nitrogens is 2. The third-order valence-electron chi connectivity index (χ3n) is 2.11. The second kappa shape index (κ2) is 4.35. The molecule has 0 aliphatic heterocycles. The molecule has 2 rings (SSSR count). The predicted octanol–water partition coefficient (Wildman–Crippen LogP) is 2.41. The molecule has 7 heteroatoms. The molecule has 0 saturated carbocycles. The number of hydrogen-bond donors (Lipinski definition) is 0. The quantitative estimate of drug-likeness (QED) is 0.628. The van der Waals surface area contributed by atoms with Crippen LogP contribution in [-0.2, 0) is 0 Å². The van der Waals surface area contributed by atoms with Crippen LogP contribution in [0.1, 0.15) is 5.56 Å². The minimum Gasteiger partial charge on any atom is -0.258 e. The van der Waals surface area contributed by atoms with E-state index in [4.69, 9.17) is 5.26 Å². The Morgan fingerprint density at radius 1 is 1.53 bits per heavy atom. The van der Waals surface area contributed by atoms with E-state index in [9.17, 15) is 10.1 Å². The highest BCUT2D eigenvalue weighted by Gasteiger charge is 2.14. The fourth-order valence-electron chi connectivity index (χ4n) is 1.36. The topological polar surface area (TPSA) is 84.8 Å². The van der Waals surface area contributed by atoms with Crippen LogP contribution in [0, 0.1) is 21.4 Å². The lowest BCUT2D eigenvalue weighted by Crippen LogP contribution is -1.98. The lowest BCUT2D eigenvalue weighted by molar-refractivity contribution is -0.385. The normalized spacial score (nSPS) is 9.88. The Morgan fingerprint density at radius 3 is 2.82 bits per heavy atom. The third-order valence-corrected chi connectivity index (χ3v) is 2.52. The summed E-state index contributed by atoms with van der Waals surface area (Å²) in [6.45, 7) is 0. The number of hydrogen-bond acceptors (Lipinski definition) is 4. The number of rotatable bonds is 2. The van der Waals surface area contributed by atoms with E-state index < -0.39 is 4.92 Å². The summed E-state index contributed by atoms with van der Waals surface area (Å²) >= 11 is 3.25. The number of nitrogens with zero attached hydrogens (tertiary/aromatic N) is 4. The molecule has 0 saturated heterocycles. The molecule has 0 fully saturated rings. The first kappa shape index (κ1) is 11.3. The molecule has 0 unspecified atom stereocenters. The van der Waals surface area contributed by atoms with E-state index in [1.54, 1.807) is 24.5 Å². The SMILES string of the molecule is N#Cc1cc(-n2cc(Br)cn2)ccc1[N+](=O)[O-]. The van der Waals surface area contributed by atoms with Gasteiger partial charge >= 0.3 is 0 Å². The van der Waals surface area contributed by atoms with Gasteiger partial charge in [-0.1, -0.05) is 0 Å². The van der Waals surface area contributed by atoms with Crippen molar-refractivity contribution in [2.24, 2.45) is 0 Å². The lowest BCUT2D eigenvalue weighted by Gasteiger charge is -2.01. The van der Waals surface area contributed by atoms with Crippen molar-refractivity contribution in [2.75, 3.05) is 0 Å². The van der Waals surface area contributed by atoms with E-state index in [-0.39, 0.29) is 11.3 Å². The van der Waals surface area contributed by atoms with Gasteiger partial charge in [0.05, 0.1) is 21.3 Å². The first-order chi connectivity index (χ1) is 8.11. The molecular weight excluding hydrogens is 288 g/mol. The molecule has 0 aliphatic rings. The lowest BCUT2D eigenvalue weighted by atomic mass is 10.2. The first-order valence-corrected chi connectivity index (χ1v) is 5.30. The van der Waals surface area contributed by atoms with Crippen LogP contribution in [-0.4, -0.2) is 14.7 Å². The average Bonchev–Trinajstić information content (AvgIpc) is 2.75. The van der Waals surface area contributed by atoms with Gasteiger partial charge in [-0.3, -0.25) is 10.1 Å². The smallest absolute Gasteiger partial charge is 0.258 e. The van der Waals surface area contributed by atoms with Crippen LogP contribution in [0.2, 0.25) is 0 Å². The molecule has 0 aliphatic carbocycles. The van der Waals surface area contributed by atoms with Gasteiger partial charge < -0.3 is 0 Å². The number of nitro benzene ring substituents is 1. The molecule has 1 aromatic carbocycles. The van der Waals surface area contributed by atoms with E-state index in [1.807, 2.05) is 0 Å². The number of nitriles is 1. The van der Waals surface area contributed by atoms with Crippen LogP contribution < -0.4 is 0 Å². The van der Waals surface area contributed by atoms with Crippen molar-refractivity contribution in [3.05, 3.63) is 50.7 Å². The first-order valence-electron chi connectivity index (χ1n) is 4.51. The van der Waals surface area contributed by atoms with Crippen molar-refractivity contribution < 1.29 is 4.92 Å². The molecule has 84 valence electrons. The van der Waals surface area contributed by atoms with Crippen molar-refractivity contribution >= 4 is 21.6 Å². The summed E-state index contributed by atoms with van der Waals surface area (Å²) in [6.07, 6.45) is 3.29. The second-order valence-electron chi connectivity index (χ2n) is 3.17. The van der Waals surface area contributed by atoms with Gasteiger partial charge in [-0.2, -0.15) is 10.4 Å². The van der Waals surface area contributed by atoms with Gasteiger partial charge in [0, 0.05) is 12.3 Å². The molecule has 0 atom stereocenters. The maximum Gasteiger partial charge on any atom is 0.287 e. The van der Waals surface area contributed by atoms with Crippen molar-refractivity contribution in [1.29, 1.82) is 5.26 Å². The molecular formula is C10H5BrN4O2. The molecule has 0 N–H and O–H groups in total. The zero-order valence-electron chi connectivity index (χ0n) is 8.37. The molecule has 1 heterocycles. The van der Waals surface area contributed by atoms with E-state index in [0.29, 0.717) is 5.69 Å². The van der Waals surface area contributed by atoms with Crippen molar-refractivity contribution in [2.45, 2.75) is 0 Å². The summed E-state index contributed by atoms with van der Waals surface area (Å²) in [4.78, 5) is 10.1. The van der Waals surface area contributed by atoms with E-state index in [1.165, 1.54) is 16.8 Å². The van der Waals surface area contributed by atoms with Crippen molar-refractivity contribution in [3.8, 4) is 11.8 Å². The van der Waals surface area contributed by atoms with Crippen molar-refractivity contribution in [1.82, 2.24) is 9.78 Å². The van der Waals surface area contributed by atoms with Gasteiger partial charge in [0.25, 0.3) is 5.69 Å². The molecule has 1 aromatic heterocycles. The fourth-order valence-corrected chi connectivity index (χ4v) is 1.64. The van der Waals surface area contributed by atoms with Gasteiger partial charge in [0.15, 0.2) is 0 Å². The molecule has 6 nitrogen and oxygen atoms in total. The summed E-state index contributed by atoms with van der Waals surface area (Å²) in [5.74, 6) is 0. The Labute approximate surface area is 104 Å². The van der Waals surface area contributed by atoms with Crippen LogP contribution in [0.4, 0.5) is 5.69 Å². The van der Waals surface area contributed by atoms with Crippen LogP contribution in [0.15, 0.2) is 35.1 Å². The molecule has 0 bridgehead atoms. The van der Waals surface area contributed by atoms with Crippen LogP contribution >= 0.6 is 15.9 Å². The summed E-state index contributed by atoms with van der Waals surface area (Å²) in [5.41, 5.74) is 0.402. The predicted molar refractivity (Wildman–Crippen MR) is 62.6 cm³/mol. The van der Waals surface area contributed by atoms with Gasteiger partial charge in [0.2, 0.25) is 0 Å². The summed E-state index contributed by atoms with van der Waals surface area (Å²) < 4.78 is 2.31. The van der Waals surface area contributed by atoms with E-state index in [2.05, 4.69) is 21.0 Å². The molecule has 0 amide bonds. The monoisotopic (exact) mass is 292 g/mol. The fraction of sp³-hybridized carbons (Fsp3) is 0. The van der Waals surface area contributed by atoms with Gasteiger partial charge in [-0.05, 0) is 28.1 Å². The second-order valence-corrected chi connectivity index (χ2v) is 4.09. The standard InChI is InChI=1S/C10H5BrN4O2/c11-8-5-13-14(6-8)9-1-2-10(15(16)17)7(3-9)4-12/h1-3,5-6H. The Bertz CT molecular complexity index is 629. The number of halogens is 1. The van der Waals surface area contributed by atoms with Crippen LogP contribution in [0.5, 0.6) is 0 Å². The summed E-state index contributed by atoms with van der Waals surface area (Å²) in [7, 11) is 0. The van der Waals surface area contributed by atoms with Crippen LogP contribution in [0.25, 0.3) is 5.69 Å². The Kier molecular flexibility index (Phi) is 2.89. The van der Waals surface area contributed by atoms with E-state index >= 15 is 0 Å². The molecule has 0 radical (unpaired) electrons. The largest absolute Gasteiger partial charge is 0.287 e. The van der Waals surface area contributed by atoms with Crippen molar-refractivity contribution in [3.63, 3.8) is 0 Å². The third kappa shape index (κ3) is 2.16. The molecule has 2 aromatic rings. The average molecular weight is 293 g/mol. The van der Waals surface area contributed by atoms with Gasteiger partial charge in [0.1, 0.15) is 11.6 Å². The maximum absolute atomic E-state index is 10.7. The summed E-state index contributed by atoms with van der Waals surface area (Å²) in [6, 6.07) is 6.06. The van der Waals surface area contributed by atoms with E-state index in [0.717, 1.165) is 4.47 Å². The highest BCUT2D eigenvalue weighted by atomic mass is 79.9. The Morgan fingerprint density at radius 2 is 2.29 bits per heavy atom. The molecule has 17 heavy (non-hydrogen) atoms. The zero-order valence-corrected chi connectivity index (χ0v) is 9.96. The van der Waals surface area contributed by atoms with Gasteiger partial charge in [-0.15, -0.1) is 0 Å². The minimum absolute atomic E-state index is 0.0131. The molecule has 0 spiro atoms. The highest BCUT2D eigenvalue weighted by Crippen LogP contribution is 2.21. The van der Waals surface area contributed by atoms with Crippen LogP contribution in [0.3, 0.4) is 0 Å². The highest BCUT2D eigenvalue weighted by molar-refractivity contribution is 9.10. The zero-order chi connectivity index (χ0) is 12.4. The summed E-state index contributed by atoms with van der Waals surface area (Å²) in [5, 5.41) is 23.5. The number of nitro groups is 1. The minimum atomic E-state index is -0.582. The number of benzene rings is 1.